The Morgan fingerprint density at radius 3 is 2.57 bits per heavy atom. The molecule has 0 fully saturated rings. The molecule has 0 spiro atoms. The predicted octanol–water partition coefficient (Wildman–Crippen LogP) is 3.59. The molecule has 21 heavy (non-hydrogen) atoms. The van der Waals surface area contributed by atoms with Crippen molar-refractivity contribution >= 4 is 21.9 Å². The molecule has 1 aromatic rings. The van der Waals surface area contributed by atoms with E-state index < -0.39 is 0 Å². The summed E-state index contributed by atoms with van der Waals surface area (Å²) >= 11 is 3.51. The van der Waals surface area contributed by atoms with Crippen molar-refractivity contribution < 1.29 is 14.3 Å². The predicted molar refractivity (Wildman–Crippen MR) is 87.6 cm³/mol. The van der Waals surface area contributed by atoms with Gasteiger partial charge in [-0.3, -0.25) is 4.79 Å². The lowest BCUT2D eigenvalue weighted by Crippen LogP contribution is -2.35. The molecule has 0 unspecified atom stereocenters. The van der Waals surface area contributed by atoms with Gasteiger partial charge in [-0.25, -0.2) is 0 Å². The number of hydrogen-bond acceptors (Lipinski definition) is 4. The Hall–Kier alpha value is -1.07. The molecule has 118 valence electrons. The van der Waals surface area contributed by atoms with Crippen LogP contribution >= 0.6 is 15.9 Å². The van der Waals surface area contributed by atoms with E-state index in [-0.39, 0.29) is 17.9 Å². The van der Waals surface area contributed by atoms with Gasteiger partial charge in [0.15, 0.2) is 0 Å². The van der Waals surface area contributed by atoms with Crippen molar-refractivity contribution in [1.29, 1.82) is 0 Å². The second kappa shape index (κ2) is 7.80. The summed E-state index contributed by atoms with van der Waals surface area (Å²) in [6.07, 6.45) is 0.248. The summed E-state index contributed by atoms with van der Waals surface area (Å²) in [4.78, 5) is 11.2. The highest BCUT2D eigenvalue weighted by Crippen LogP contribution is 2.28. The first-order valence-electron chi connectivity index (χ1n) is 6.96. The minimum atomic E-state index is -0.265. The van der Waals surface area contributed by atoms with Gasteiger partial charge in [0.05, 0.1) is 20.1 Å². The fourth-order valence-electron chi connectivity index (χ4n) is 1.84. The van der Waals surface area contributed by atoms with Crippen LogP contribution in [0.2, 0.25) is 0 Å². The Kier molecular flexibility index (Phi) is 6.68. The van der Waals surface area contributed by atoms with E-state index >= 15 is 0 Å². The smallest absolute Gasteiger partial charge is 0.308 e. The van der Waals surface area contributed by atoms with Gasteiger partial charge in [0.1, 0.15) is 5.75 Å². The molecule has 0 bridgehead atoms. The van der Waals surface area contributed by atoms with Gasteiger partial charge < -0.3 is 14.8 Å². The molecule has 4 nitrogen and oxygen atoms in total. The minimum Gasteiger partial charge on any atom is -0.492 e. The second-order valence-electron chi connectivity index (χ2n) is 5.99. The van der Waals surface area contributed by atoms with Crippen LogP contribution in [0.1, 0.15) is 38.3 Å². The van der Waals surface area contributed by atoms with Gasteiger partial charge in [-0.05, 0) is 45.4 Å². The van der Waals surface area contributed by atoms with Crippen LogP contribution in [-0.2, 0) is 16.1 Å². The van der Waals surface area contributed by atoms with Gasteiger partial charge >= 0.3 is 5.97 Å². The Morgan fingerprint density at radius 2 is 2.00 bits per heavy atom. The van der Waals surface area contributed by atoms with Crippen molar-refractivity contribution in [2.24, 2.45) is 0 Å². The maximum atomic E-state index is 11.2. The molecule has 0 amide bonds. The first-order valence-corrected chi connectivity index (χ1v) is 7.76. The van der Waals surface area contributed by atoms with E-state index in [1.165, 1.54) is 7.11 Å². The highest BCUT2D eigenvalue weighted by Gasteiger charge is 2.14. The summed E-state index contributed by atoms with van der Waals surface area (Å²) in [5, 5.41) is 3.45. The van der Waals surface area contributed by atoms with Gasteiger partial charge in [0.25, 0.3) is 0 Å². The third kappa shape index (κ3) is 6.48. The summed E-state index contributed by atoms with van der Waals surface area (Å²) in [6.45, 7) is 9.38. The Bertz CT molecular complexity index is 495. The molecule has 5 heteroatoms. The highest BCUT2D eigenvalue weighted by atomic mass is 79.9. The minimum absolute atomic E-state index is 0.0273. The highest BCUT2D eigenvalue weighted by molar-refractivity contribution is 9.10. The Morgan fingerprint density at radius 1 is 1.33 bits per heavy atom. The lowest BCUT2D eigenvalue weighted by atomic mass is 10.1. The number of rotatable bonds is 6. The molecule has 0 saturated heterocycles. The van der Waals surface area contributed by atoms with Crippen LogP contribution in [0, 0.1) is 6.92 Å². The van der Waals surface area contributed by atoms with E-state index in [9.17, 15) is 4.79 Å². The first-order chi connectivity index (χ1) is 9.73. The van der Waals surface area contributed by atoms with E-state index in [1.807, 2.05) is 19.1 Å². The van der Waals surface area contributed by atoms with Crippen molar-refractivity contribution in [2.75, 3.05) is 13.7 Å². The lowest BCUT2D eigenvalue weighted by molar-refractivity contribution is -0.141. The largest absolute Gasteiger partial charge is 0.492 e. The van der Waals surface area contributed by atoms with Crippen LogP contribution < -0.4 is 10.1 Å². The number of carbonyl (C=O) groups excluding carboxylic acids is 1. The Labute approximate surface area is 135 Å². The van der Waals surface area contributed by atoms with Crippen LogP contribution in [0.25, 0.3) is 0 Å². The van der Waals surface area contributed by atoms with Crippen LogP contribution in [0.15, 0.2) is 16.6 Å². The van der Waals surface area contributed by atoms with E-state index in [4.69, 9.17) is 4.74 Å². The summed E-state index contributed by atoms with van der Waals surface area (Å²) in [5.74, 6) is 0.568. The van der Waals surface area contributed by atoms with Crippen molar-refractivity contribution in [1.82, 2.24) is 5.32 Å². The summed E-state index contributed by atoms with van der Waals surface area (Å²) in [7, 11) is 1.38. The van der Waals surface area contributed by atoms with E-state index in [2.05, 4.69) is 46.8 Å². The number of ether oxygens (including phenoxy) is 2. The molecule has 0 saturated carbocycles. The number of hydrogen-bond donors (Lipinski definition) is 1. The zero-order valence-corrected chi connectivity index (χ0v) is 15.0. The number of aryl methyl sites for hydroxylation is 1. The van der Waals surface area contributed by atoms with E-state index in [0.29, 0.717) is 13.2 Å². The molecular weight excluding hydrogens is 334 g/mol. The standard InChI is InChI=1S/C16H24BrNO3/c1-11-8-13(17)9-12(10-18-16(2,3)4)15(11)21-7-6-14(19)20-5/h8-9,18H,6-7,10H2,1-5H3. The molecule has 0 aliphatic heterocycles. The number of carbonyl (C=O) groups is 1. The molecule has 0 aromatic heterocycles. The van der Waals surface area contributed by atoms with Gasteiger partial charge in [-0.2, -0.15) is 0 Å². The molecule has 1 N–H and O–H groups in total. The number of benzene rings is 1. The number of nitrogens with one attached hydrogen (secondary N) is 1. The number of esters is 1. The lowest BCUT2D eigenvalue weighted by Gasteiger charge is -2.22. The SMILES string of the molecule is COC(=O)CCOc1c(C)cc(Br)cc1CNC(C)(C)C. The Balaban J connectivity index is 2.82. The zero-order chi connectivity index (χ0) is 16.0. The van der Waals surface area contributed by atoms with Crippen molar-refractivity contribution in [3.8, 4) is 5.75 Å². The monoisotopic (exact) mass is 357 g/mol. The van der Waals surface area contributed by atoms with Gasteiger partial charge in [-0.15, -0.1) is 0 Å². The fraction of sp³-hybridized carbons (Fsp3) is 0.562. The second-order valence-corrected chi connectivity index (χ2v) is 6.90. The average Bonchev–Trinajstić information content (AvgIpc) is 2.37. The van der Waals surface area contributed by atoms with Crippen molar-refractivity contribution in [2.45, 2.75) is 46.2 Å². The van der Waals surface area contributed by atoms with Crippen molar-refractivity contribution in [3.63, 3.8) is 0 Å². The van der Waals surface area contributed by atoms with Crippen LogP contribution in [0.3, 0.4) is 0 Å². The third-order valence-electron chi connectivity index (χ3n) is 2.91. The van der Waals surface area contributed by atoms with Crippen LogP contribution in [-0.4, -0.2) is 25.2 Å². The maximum Gasteiger partial charge on any atom is 0.308 e. The number of methoxy groups -OCH3 is 1. The van der Waals surface area contributed by atoms with Gasteiger partial charge in [-0.1, -0.05) is 15.9 Å². The maximum absolute atomic E-state index is 11.2. The van der Waals surface area contributed by atoms with E-state index in [0.717, 1.165) is 21.3 Å². The normalized spacial score (nSPS) is 11.3. The number of halogens is 1. The van der Waals surface area contributed by atoms with Crippen molar-refractivity contribution in [3.05, 3.63) is 27.7 Å². The van der Waals surface area contributed by atoms with Crippen LogP contribution in [0.4, 0.5) is 0 Å². The summed E-state index contributed by atoms with van der Waals surface area (Å²) < 4.78 is 11.4. The molecule has 1 aromatic carbocycles. The summed E-state index contributed by atoms with van der Waals surface area (Å²) in [5.41, 5.74) is 2.14. The third-order valence-corrected chi connectivity index (χ3v) is 3.36. The molecule has 0 aliphatic rings. The molecule has 0 atom stereocenters. The first kappa shape index (κ1) is 18.0. The zero-order valence-electron chi connectivity index (χ0n) is 13.4. The fourth-order valence-corrected chi connectivity index (χ4v) is 2.46. The van der Waals surface area contributed by atoms with Crippen LogP contribution in [0.5, 0.6) is 5.75 Å². The molecule has 0 heterocycles. The average molecular weight is 358 g/mol. The summed E-state index contributed by atoms with van der Waals surface area (Å²) in [6, 6.07) is 4.05. The van der Waals surface area contributed by atoms with E-state index in [1.54, 1.807) is 0 Å². The molecule has 0 aliphatic carbocycles. The molecule has 0 radical (unpaired) electrons. The topological polar surface area (TPSA) is 47.6 Å². The van der Waals surface area contributed by atoms with Gasteiger partial charge in [0.2, 0.25) is 0 Å². The van der Waals surface area contributed by atoms with Gasteiger partial charge in [0, 0.05) is 22.1 Å². The molecule has 1 rings (SSSR count). The molecular formula is C16H24BrNO3. The quantitative estimate of drug-likeness (QED) is 0.790.